The van der Waals surface area contributed by atoms with Crippen LogP contribution in [0.2, 0.25) is 0 Å². The van der Waals surface area contributed by atoms with Crippen molar-refractivity contribution in [3.05, 3.63) is 21.8 Å². The lowest BCUT2D eigenvalue weighted by Gasteiger charge is -2.19. The first-order chi connectivity index (χ1) is 12.2. The Morgan fingerprint density at radius 2 is 1.38 bits per heavy atom. The molecular formula is C15H19I3N2O6. The molecule has 7 N–H and O–H groups in total. The van der Waals surface area contributed by atoms with Gasteiger partial charge in [-0.15, -0.1) is 0 Å². The maximum absolute atomic E-state index is 12.7. The van der Waals surface area contributed by atoms with Gasteiger partial charge < -0.3 is 31.5 Å². The van der Waals surface area contributed by atoms with Crippen molar-refractivity contribution < 1.29 is 30.0 Å². The molecule has 1 amide bonds. The number of nitrogen functional groups attached to an aromatic ring is 1. The van der Waals surface area contributed by atoms with Crippen LogP contribution in [0.3, 0.4) is 0 Å². The fourth-order valence-corrected chi connectivity index (χ4v) is 6.34. The summed E-state index contributed by atoms with van der Waals surface area (Å²) < 4.78 is 1.34. The summed E-state index contributed by atoms with van der Waals surface area (Å²) >= 11 is 5.73. The van der Waals surface area contributed by atoms with Gasteiger partial charge >= 0.3 is 0 Å². The standard InChI is InChI=1S/C15H19I3N2O6/c16-11-9(8(25)1-6(2-21)3-22)12(17)14(19)13(18)10(11)15(26)20-7(4-23)5-24/h6-7,21-24H,1-5,19H2,(H,20,26). The van der Waals surface area contributed by atoms with E-state index in [0.717, 1.165) is 0 Å². The SMILES string of the molecule is Nc1c(I)c(C(=O)CC(CO)CO)c(I)c(C(=O)NC(CO)CO)c1I. The van der Waals surface area contributed by atoms with Crippen molar-refractivity contribution in [3.63, 3.8) is 0 Å². The molecule has 0 aliphatic heterocycles. The summed E-state index contributed by atoms with van der Waals surface area (Å²) in [7, 11) is 0. The molecular weight excluding hydrogens is 685 g/mol. The Labute approximate surface area is 191 Å². The number of rotatable bonds is 9. The van der Waals surface area contributed by atoms with Gasteiger partial charge in [-0.05, 0) is 67.8 Å². The fraction of sp³-hybridized carbons (Fsp3) is 0.467. The second-order valence-corrected chi connectivity index (χ2v) is 8.74. The number of hydrogen-bond donors (Lipinski definition) is 6. The lowest BCUT2D eigenvalue weighted by molar-refractivity contribution is 0.0873. The molecule has 0 aliphatic carbocycles. The molecule has 146 valence electrons. The van der Waals surface area contributed by atoms with E-state index in [9.17, 15) is 19.8 Å². The third kappa shape index (κ3) is 5.60. The summed E-state index contributed by atoms with van der Waals surface area (Å²) in [5.74, 6) is -1.50. The molecule has 1 aromatic rings. The van der Waals surface area contributed by atoms with E-state index in [2.05, 4.69) is 5.32 Å². The van der Waals surface area contributed by atoms with Gasteiger partial charge in [0, 0.05) is 38.3 Å². The van der Waals surface area contributed by atoms with E-state index in [-0.39, 0.29) is 42.2 Å². The Kier molecular flexibility index (Phi) is 10.5. The highest BCUT2D eigenvalue weighted by atomic mass is 127. The predicted octanol–water partition coefficient (Wildman–Crippen LogP) is 0.339. The molecule has 0 atom stereocenters. The lowest BCUT2D eigenvalue weighted by atomic mass is 9.97. The molecule has 0 saturated carbocycles. The van der Waals surface area contributed by atoms with Gasteiger partial charge in [0.25, 0.3) is 5.91 Å². The molecule has 8 nitrogen and oxygen atoms in total. The van der Waals surface area contributed by atoms with Crippen LogP contribution in [0, 0.1) is 16.6 Å². The predicted molar refractivity (Wildman–Crippen MR) is 121 cm³/mol. The number of nitrogens with two attached hydrogens (primary N) is 1. The van der Waals surface area contributed by atoms with Gasteiger partial charge in [0.15, 0.2) is 5.78 Å². The molecule has 0 bridgehead atoms. The molecule has 0 spiro atoms. The van der Waals surface area contributed by atoms with Crippen LogP contribution in [0.4, 0.5) is 5.69 Å². The van der Waals surface area contributed by atoms with E-state index in [0.29, 0.717) is 10.7 Å². The molecule has 1 rings (SSSR count). The second-order valence-electron chi connectivity index (χ2n) is 5.50. The number of carbonyl (C=O) groups excluding carboxylic acids is 2. The number of amides is 1. The Hall–Kier alpha value is 0.190. The molecule has 0 aliphatic rings. The maximum Gasteiger partial charge on any atom is 0.253 e. The molecule has 0 heterocycles. The quantitative estimate of drug-likeness (QED) is 0.123. The van der Waals surface area contributed by atoms with E-state index in [4.69, 9.17) is 15.9 Å². The minimum absolute atomic E-state index is 0.0873. The number of hydrogen-bond acceptors (Lipinski definition) is 7. The number of aliphatic hydroxyl groups excluding tert-OH is 4. The zero-order valence-electron chi connectivity index (χ0n) is 13.5. The first-order valence-electron chi connectivity index (χ1n) is 7.46. The van der Waals surface area contributed by atoms with Crippen LogP contribution in [-0.4, -0.2) is 64.6 Å². The van der Waals surface area contributed by atoms with Crippen LogP contribution in [0.15, 0.2) is 0 Å². The Balaban J connectivity index is 3.40. The van der Waals surface area contributed by atoms with Crippen LogP contribution in [0.25, 0.3) is 0 Å². The van der Waals surface area contributed by atoms with Gasteiger partial charge in [-0.1, -0.05) is 0 Å². The van der Waals surface area contributed by atoms with E-state index >= 15 is 0 Å². The molecule has 26 heavy (non-hydrogen) atoms. The smallest absolute Gasteiger partial charge is 0.253 e. The number of ketones is 1. The van der Waals surface area contributed by atoms with Crippen LogP contribution < -0.4 is 11.1 Å². The summed E-state index contributed by atoms with van der Waals surface area (Å²) in [5, 5.41) is 39.2. The second kappa shape index (κ2) is 11.3. The molecule has 0 fully saturated rings. The summed E-state index contributed by atoms with van der Waals surface area (Å²) in [6.07, 6.45) is -0.0873. The average Bonchev–Trinajstić information content (AvgIpc) is 2.62. The zero-order chi connectivity index (χ0) is 20.0. The molecule has 11 heteroatoms. The highest BCUT2D eigenvalue weighted by Gasteiger charge is 2.28. The Morgan fingerprint density at radius 3 is 1.85 bits per heavy atom. The minimum atomic E-state index is -0.832. The van der Waals surface area contributed by atoms with Crippen LogP contribution in [0.5, 0.6) is 0 Å². The number of aliphatic hydroxyl groups is 4. The minimum Gasteiger partial charge on any atom is -0.397 e. The van der Waals surface area contributed by atoms with Crippen LogP contribution >= 0.6 is 67.8 Å². The van der Waals surface area contributed by atoms with Crippen LogP contribution in [-0.2, 0) is 0 Å². The molecule has 0 saturated heterocycles. The van der Waals surface area contributed by atoms with E-state index in [1.807, 2.05) is 67.8 Å². The van der Waals surface area contributed by atoms with Crippen molar-refractivity contribution in [1.29, 1.82) is 0 Å². The summed E-state index contributed by atoms with van der Waals surface area (Å²) in [6.45, 7) is -1.54. The van der Waals surface area contributed by atoms with E-state index in [1.165, 1.54) is 0 Å². The van der Waals surface area contributed by atoms with Gasteiger partial charge in [-0.3, -0.25) is 9.59 Å². The number of carbonyl (C=O) groups is 2. The highest BCUT2D eigenvalue weighted by molar-refractivity contribution is 14.1. The third-order valence-electron chi connectivity index (χ3n) is 3.62. The fourth-order valence-electron chi connectivity index (χ4n) is 2.09. The largest absolute Gasteiger partial charge is 0.397 e. The zero-order valence-corrected chi connectivity index (χ0v) is 20.0. The normalized spacial score (nSPS) is 11.3. The Morgan fingerprint density at radius 1 is 0.885 bits per heavy atom. The van der Waals surface area contributed by atoms with Crippen LogP contribution in [0.1, 0.15) is 27.1 Å². The van der Waals surface area contributed by atoms with Gasteiger partial charge in [0.2, 0.25) is 0 Å². The topological polar surface area (TPSA) is 153 Å². The third-order valence-corrected chi connectivity index (χ3v) is 6.94. The lowest BCUT2D eigenvalue weighted by Crippen LogP contribution is -2.41. The number of nitrogens with one attached hydrogen (secondary N) is 1. The Bertz CT molecular complexity index is 625. The molecule has 0 radical (unpaired) electrons. The van der Waals surface area contributed by atoms with Crippen molar-refractivity contribution in [1.82, 2.24) is 5.32 Å². The summed E-state index contributed by atoms with van der Waals surface area (Å²) in [6, 6.07) is -0.832. The van der Waals surface area contributed by atoms with Crippen molar-refractivity contribution in [2.45, 2.75) is 12.5 Å². The summed E-state index contributed by atoms with van der Waals surface area (Å²) in [4.78, 5) is 25.3. The number of Topliss-reactive ketones (excluding diaryl/α,β-unsaturated/α-hetero) is 1. The molecule has 0 unspecified atom stereocenters. The van der Waals surface area contributed by atoms with E-state index in [1.54, 1.807) is 0 Å². The highest BCUT2D eigenvalue weighted by Crippen LogP contribution is 2.35. The van der Waals surface area contributed by atoms with Crippen molar-refractivity contribution in [2.75, 3.05) is 32.2 Å². The average molecular weight is 704 g/mol. The van der Waals surface area contributed by atoms with Crippen molar-refractivity contribution in [2.24, 2.45) is 5.92 Å². The molecule has 1 aromatic carbocycles. The number of benzene rings is 1. The number of halogens is 3. The first-order valence-corrected chi connectivity index (χ1v) is 10.7. The maximum atomic E-state index is 12.7. The van der Waals surface area contributed by atoms with Gasteiger partial charge in [0.05, 0.1) is 34.1 Å². The summed E-state index contributed by atoms with van der Waals surface area (Å²) in [5.41, 5.74) is 6.78. The van der Waals surface area contributed by atoms with Gasteiger partial charge in [-0.25, -0.2) is 0 Å². The van der Waals surface area contributed by atoms with Gasteiger partial charge in [0.1, 0.15) is 0 Å². The number of anilines is 1. The molecule has 0 aromatic heterocycles. The van der Waals surface area contributed by atoms with E-state index < -0.39 is 31.1 Å². The van der Waals surface area contributed by atoms with Gasteiger partial charge in [-0.2, -0.15) is 0 Å². The van der Waals surface area contributed by atoms with Crippen molar-refractivity contribution in [3.8, 4) is 0 Å². The monoisotopic (exact) mass is 704 g/mol. The first kappa shape index (κ1) is 24.2. The van der Waals surface area contributed by atoms with Crippen molar-refractivity contribution >= 4 is 85.2 Å².